The van der Waals surface area contributed by atoms with Gasteiger partial charge in [-0.05, 0) is 43.7 Å². The zero-order valence-corrected chi connectivity index (χ0v) is 14.1. The molecule has 1 atom stereocenters. The summed E-state index contributed by atoms with van der Waals surface area (Å²) in [6, 6.07) is 8.05. The van der Waals surface area contributed by atoms with E-state index < -0.39 is 11.6 Å². The van der Waals surface area contributed by atoms with Crippen LogP contribution in [0.1, 0.15) is 20.3 Å². The summed E-state index contributed by atoms with van der Waals surface area (Å²) in [4.78, 5) is 15.2. The molecule has 0 saturated heterocycles. The van der Waals surface area contributed by atoms with Crippen molar-refractivity contribution in [3.63, 3.8) is 0 Å². The van der Waals surface area contributed by atoms with Crippen molar-refractivity contribution < 1.29 is 19.4 Å². The van der Waals surface area contributed by atoms with Gasteiger partial charge in [-0.15, -0.1) is 0 Å². The van der Waals surface area contributed by atoms with Crippen molar-refractivity contribution in [1.82, 2.24) is 4.98 Å². The maximum absolute atomic E-state index is 11.2. The van der Waals surface area contributed by atoms with Crippen molar-refractivity contribution in [3.05, 3.63) is 46.6 Å². The number of nitrogens with zero attached hydrogens (tertiary/aromatic N) is 1. The molecule has 1 N–H and O–H groups in total. The summed E-state index contributed by atoms with van der Waals surface area (Å²) in [5.41, 5.74) is -1.27. The third-order valence-corrected chi connectivity index (χ3v) is 3.76. The van der Waals surface area contributed by atoms with Crippen LogP contribution in [0.4, 0.5) is 0 Å². The van der Waals surface area contributed by atoms with Crippen molar-refractivity contribution in [2.45, 2.75) is 25.9 Å². The van der Waals surface area contributed by atoms with Crippen LogP contribution in [0.15, 0.2) is 36.5 Å². The zero-order chi connectivity index (χ0) is 17.0. The molecule has 1 aromatic carbocycles. The van der Waals surface area contributed by atoms with E-state index in [0.717, 1.165) is 0 Å². The van der Waals surface area contributed by atoms with Crippen molar-refractivity contribution in [2.75, 3.05) is 0 Å². The summed E-state index contributed by atoms with van der Waals surface area (Å²) in [7, 11) is 0. The monoisotopic (exact) mass is 355 g/mol. The highest BCUT2D eigenvalue weighted by Gasteiger charge is 2.33. The van der Waals surface area contributed by atoms with Crippen LogP contribution in [0.5, 0.6) is 17.4 Å². The Morgan fingerprint density at radius 3 is 2.39 bits per heavy atom. The molecule has 1 heterocycles. The number of halogens is 2. The highest BCUT2D eigenvalue weighted by atomic mass is 35.5. The molecule has 0 spiro atoms. The number of rotatable bonds is 6. The number of aliphatic carboxylic acids is 1. The molecule has 7 heteroatoms. The molecular formula is C16H15Cl2NO4. The van der Waals surface area contributed by atoms with Gasteiger partial charge in [0.1, 0.15) is 16.5 Å². The quantitative estimate of drug-likeness (QED) is 0.804. The van der Waals surface area contributed by atoms with Gasteiger partial charge < -0.3 is 14.6 Å². The summed E-state index contributed by atoms with van der Waals surface area (Å²) in [6.45, 7) is 3.27. The van der Waals surface area contributed by atoms with E-state index in [1.54, 1.807) is 31.2 Å². The van der Waals surface area contributed by atoms with Crippen molar-refractivity contribution in [2.24, 2.45) is 0 Å². The van der Waals surface area contributed by atoms with Crippen molar-refractivity contribution in [3.8, 4) is 17.4 Å². The number of ether oxygens (including phenoxy) is 2. The van der Waals surface area contributed by atoms with Gasteiger partial charge in [0.15, 0.2) is 0 Å². The molecule has 0 fully saturated rings. The van der Waals surface area contributed by atoms with Crippen molar-refractivity contribution in [1.29, 1.82) is 0 Å². The average Bonchev–Trinajstić information content (AvgIpc) is 2.51. The highest BCUT2D eigenvalue weighted by Crippen LogP contribution is 2.30. The van der Waals surface area contributed by atoms with Gasteiger partial charge in [0.25, 0.3) is 0 Å². The van der Waals surface area contributed by atoms with E-state index in [9.17, 15) is 9.90 Å². The lowest BCUT2D eigenvalue weighted by atomic mass is 10.0. The van der Waals surface area contributed by atoms with Crippen LogP contribution < -0.4 is 9.47 Å². The van der Waals surface area contributed by atoms with E-state index >= 15 is 0 Å². The molecule has 0 saturated carbocycles. The Labute approximate surface area is 143 Å². The predicted molar refractivity (Wildman–Crippen MR) is 87.7 cm³/mol. The fourth-order valence-electron chi connectivity index (χ4n) is 1.69. The SMILES string of the molecule is CCC(C)(Oc1ccc(Oc2ncc(Cl)cc2Cl)cc1)C(=O)O. The number of hydrogen-bond acceptors (Lipinski definition) is 4. The second kappa shape index (κ2) is 7.06. The molecule has 0 aliphatic heterocycles. The maximum atomic E-state index is 11.2. The first-order chi connectivity index (χ1) is 10.8. The number of aromatic nitrogens is 1. The molecule has 0 aliphatic rings. The number of pyridine rings is 1. The number of carbonyl (C=O) groups is 1. The smallest absolute Gasteiger partial charge is 0.347 e. The van der Waals surface area contributed by atoms with Gasteiger partial charge in [-0.2, -0.15) is 0 Å². The molecule has 0 amide bonds. The lowest BCUT2D eigenvalue weighted by molar-refractivity contribution is -0.154. The third-order valence-electron chi connectivity index (χ3n) is 3.28. The molecule has 1 aromatic heterocycles. The van der Waals surface area contributed by atoms with E-state index in [2.05, 4.69) is 4.98 Å². The molecule has 0 bridgehead atoms. The second-order valence-corrected chi connectivity index (χ2v) is 5.85. The van der Waals surface area contributed by atoms with Gasteiger partial charge in [0.2, 0.25) is 11.5 Å². The summed E-state index contributed by atoms with van der Waals surface area (Å²) in [5.74, 6) is 0.132. The van der Waals surface area contributed by atoms with Crippen LogP contribution in [-0.4, -0.2) is 21.7 Å². The van der Waals surface area contributed by atoms with Crippen molar-refractivity contribution >= 4 is 29.2 Å². The van der Waals surface area contributed by atoms with E-state index in [1.807, 2.05) is 0 Å². The highest BCUT2D eigenvalue weighted by molar-refractivity contribution is 6.35. The lowest BCUT2D eigenvalue weighted by Crippen LogP contribution is -2.40. The molecule has 23 heavy (non-hydrogen) atoms. The Bertz CT molecular complexity index is 706. The minimum atomic E-state index is -1.27. The third kappa shape index (κ3) is 4.27. The fourth-order valence-corrected chi connectivity index (χ4v) is 2.11. The van der Waals surface area contributed by atoms with Gasteiger partial charge in [-0.1, -0.05) is 30.1 Å². The van der Waals surface area contributed by atoms with Crippen LogP contribution in [0, 0.1) is 0 Å². The second-order valence-electron chi connectivity index (χ2n) is 5.01. The maximum Gasteiger partial charge on any atom is 0.347 e. The number of carboxylic acid groups (broad SMARTS) is 1. The molecule has 0 aliphatic carbocycles. The Kier molecular flexibility index (Phi) is 5.34. The summed E-state index contributed by atoms with van der Waals surface area (Å²) in [6.07, 6.45) is 1.77. The predicted octanol–water partition coefficient (Wildman–Crippen LogP) is 4.81. The topological polar surface area (TPSA) is 68.7 Å². The van der Waals surface area contributed by atoms with Gasteiger partial charge >= 0.3 is 5.97 Å². The Morgan fingerprint density at radius 2 is 1.87 bits per heavy atom. The minimum absolute atomic E-state index is 0.230. The molecule has 5 nitrogen and oxygen atoms in total. The average molecular weight is 356 g/mol. The Morgan fingerprint density at radius 1 is 1.26 bits per heavy atom. The van der Waals surface area contributed by atoms with Crippen LogP contribution in [0.2, 0.25) is 10.0 Å². The van der Waals surface area contributed by atoms with Gasteiger partial charge in [-0.25, -0.2) is 9.78 Å². The van der Waals surface area contributed by atoms with Crippen LogP contribution in [0.3, 0.4) is 0 Å². The number of hydrogen-bond donors (Lipinski definition) is 1. The number of carboxylic acids is 1. The molecule has 2 rings (SSSR count). The first kappa shape index (κ1) is 17.4. The first-order valence-corrected chi connectivity index (χ1v) is 7.61. The van der Waals surface area contributed by atoms with Crippen LogP contribution in [-0.2, 0) is 4.79 Å². The normalized spacial score (nSPS) is 13.2. The zero-order valence-electron chi connectivity index (χ0n) is 12.5. The standard InChI is InChI=1S/C16H15Cl2NO4/c1-3-16(2,15(20)21)23-12-6-4-11(5-7-12)22-14-13(18)8-10(17)9-19-14/h4-9H,3H2,1-2H3,(H,20,21). The van der Waals surface area contributed by atoms with E-state index in [0.29, 0.717) is 28.0 Å². The summed E-state index contributed by atoms with van der Waals surface area (Å²) in [5, 5.41) is 9.92. The van der Waals surface area contributed by atoms with E-state index in [-0.39, 0.29) is 5.88 Å². The van der Waals surface area contributed by atoms with Gasteiger partial charge in [-0.3, -0.25) is 0 Å². The molecular weight excluding hydrogens is 341 g/mol. The lowest BCUT2D eigenvalue weighted by Gasteiger charge is -2.24. The number of benzene rings is 1. The van der Waals surface area contributed by atoms with E-state index in [4.69, 9.17) is 32.7 Å². The van der Waals surface area contributed by atoms with Crippen LogP contribution >= 0.6 is 23.2 Å². The van der Waals surface area contributed by atoms with E-state index in [1.165, 1.54) is 19.2 Å². The fraction of sp³-hybridized carbons (Fsp3) is 0.250. The largest absolute Gasteiger partial charge is 0.478 e. The summed E-state index contributed by atoms with van der Waals surface area (Å²) < 4.78 is 11.1. The Balaban J connectivity index is 2.12. The minimum Gasteiger partial charge on any atom is -0.478 e. The van der Waals surface area contributed by atoms with Crippen LogP contribution in [0.25, 0.3) is 0 Å². The molecule has 2 aromatic rings. The molecule has 0 radical (unpaired) electrons. The summed E-state index contributed by atoms with van der Waals surface area (Å²) >= 11 is 11.8. The first-order valence-electron chi connectivity index (χ1n) is 6.85. The van der Waals surface area contributed by atoms with Gasteiger partial charge in [0.05, 0.1) is 5.02 Å². The Hall–Kier alpha value is -1.98. The molecule has 1 unspecified atom stereocenters. The van der Waals surface area contributed by atoms with Gasteiger partial charge in [0, 0.05) is 6.20 Å². The molecule has 122 valence electrons.